The Labute approximate surface area is 171 Å². The Kier molecular flexibility index (Phi) is 6.59. The molecule has 1 aliphatic heterocycles. The summed E-state index contributed by atoms with van der Waals surface area (Å²) in [4.78, 5) is 30.7. The monoisotopic (exact) mass is 396 g/mol. The van der Waals surface area contributed by atoms with Gasteiger partial charge in [0.05, 0.1) is 13.5 Å². The maximum absolute atomic E-state index is 12.6. The first-order chi connectivity index (χ1) is 14.0. The van der Waals surface area contributed by atoms with Crippen LogP contribution in [-0.2, 0) is 11.2 Å². The van der Waals surface area contributed by atoms with Crippen LogP contribution in [0.5, 0.6) is 5.75 Å². The number of piperazine rings is 1. The molecule has 2 aromatic rings. The van der Waals surface area contributed by atoms with Crippen molar-refractivity contribution in [2.45, 2.75) is 6.42 Å². The fourth-order valence-corrected chi connectivity index (χ4v) is 3.27. The van der Waals surface area contributed by atoms with Gasteiger partial charge in [-0.1, -0.05) is 12.1 Å². The van der Waals surface area contributed by atoms with Crippen molar-refractivity contribution in [1.82, 2.24) is 9.80 Å². The van der Waals surface area contributed by atoms with Gasteiger partial charge in [0.2, 0.25) is 5.91 Å². The Balaban J connectivity index is 1.48. The Morgan fingerprint density at radius 1 is 1.00 bits per heavy atom. The summed E-state index contributed by atoms with van der Waals surface area (Å²) in [6, 6.07) is 15.1. The summed E-state index contributed by atoms with van der Waals surface area (Å²) in [7, 11) is 5.56. The summed E-state index contributed by atoms with van der Waals surface area (Å²) < 4.78 is 5.21. The number of nitrogens with one attached hydrogen (secondary N) is 1. The molecule has 0 spiro atoms. The summed E-state index contributed by atoms with van der Waals surface area (Å²) in [5, 5.41) is 2.93. The Morgan fingerprint density at radius 3 is 2.28 bits per heavy atom. The number of nitrogens with zero attached hydrogens (tertiary/aromatic N) is 3. The van der Waals surface area contributed by atoms with E-state index in [2.05, 4.69) is 5.32 Å². The zero-order valence-corrected chi connectivity index (χ0v) is 17.2. The smallest absolute Gasteiger partial charge is 0.321 e. The third kappa shape index (κ3) is 5.40. The molecule has 29 heavy (non-hydrogen) atoms. The van der Waals surface area contributed by atoms with Gasteiger partial charge < -0.3 is 24.8 Å². The number of anilines is 2. The Morgan fingerprint density at radius 2 is 1.66 bits per heavy atom. The van der Waals surface area contributed by atoms with E-state index in [0.717, 1.165) is 22.7 Å². The van der Waals surface area contributed by atoms with Gasteiger partial charge in [-0.15, -0.1) is 0 Å². The number of carbonyl (C=O) groups excluding carboxylic acids is 2. The Bertz CT molecular complexity index is 843. The molecule has 1 N–H and O–H groups in total. The third-order valence-corrected chi connectivity index (χ3v) is 5.04. The van der Waals surface area contributed by atoms with Crippen LogP contribution in [0.4, 0.5) is 16.2 Å². The van der Waals surface area contributed by atoms with Crippen molar-refractivity contribution in [1.29, 1.82) is 0 Å². The third-order valence-electron chi connectivity index (χ3n) is 5.04. The maximum atomic E-state index is 12.6. The van der Waals surface area contributed by atoms with E-state index >= 15 is 0 Å². The number of urea groups is 1. The van der Waals surface area contributed by atoms with Crippen molar-refractivity contribution in [3.8, 4) is 5.75 Å². The largest absolute Gasteiger partial charge is 0.497 e. The molecule has 154 valence electrons. The lowest BCUT2D eigenvalue weighted by Gasteiger charge is -2.34. The second-order valence-corrected chi connectivity index (χ2v) is 7.27. The highest BCUT2D eigenvalue weighted by atomic mass is 16.5. The van der Waals surface area contributed by atoms with Crippen LogP contribution in [0.2, 0.25) is 0 Å². The van der Waals surface area contributed by atoms with Crippen LogP contribution in [0.15, 0.2) is 48.5 Å². The lowest BCUT2D eigenvalue weighted by atomic mass is 10.1. The van der Waals surface area contributed by atoms with E-state index in [0.29, 0.717) is 32.6 Å². The van der Waals surface area contributed by atoms with Crippen LogP contribution in [0.1, 0.15) is 5.56 Å². The average molecular weight is 396 g/mol. The molecule has 7 heteroatoms. The number of amides is 3. The first kappa shape index (κ1) is 20.5. The molecule has 7 nitrogen and oxygen atoms in total. The van der Waals surface area contributed by atoms with Crippen LogP contribution in [-0.4, -0.2) is 69.1 Å². The van der Waals surface area contributed by atoms with Gasteiger partial charge in [-0.2, -0.15) is 0 Å². The summed E-state index contributed by atoms with van der Waals surface area (Å²) in [5.74, 6) is 0.813. The van der Waals surface area contributed by atoms with Gasteiger partial charge in [0, 0.05) is 51.6 Å². The molecule has 0 unspecified atom stereocenters. The van der Waals surface area contributed by atoms with E-state index in [1.165, 1.54) is 0 Å². The average Bonchev–Trinajstić information content (AvgIpc) is 2.74. The number of hydrogen-bond donors (Lipinski definition) is 1. The fourth-order valence-electron chi connectivity index (χ4n) is 3.27. The molecular formula is C22H28N4O3. The van der Waals surface area contributed by atoms with Crippen molar-refractivity contribution in [3.63, 3.8) is 0 Å². The molecule has 0 radical (unpaired) electrons. The molecule has 3 amide bonds. The quantitative estimate of drug-likeness (QED) is 0.844. The number of benzene rings is 2. The standard InChI is InChI=1S/C22H28N4O3/c1-24(2)19-9-7-18(8-10-19)23-22(28)26-13-11-25(12-14-26)21(27)16-17-5-4-6-20(15-17)29-3/h4-10,15H,11-14,16H2,1-3H3,(H,23,28). The van der Waals surface area contributed by atoms with E-state index in [1.54, 1.807) is 12.0 Å². The van der Waals surface area contributed by atoms with E-state index < -0.39 is 0 Å². The number of ether oxygens (including phenoxy) is 1. The molecule has 2 aromatic carbocycles. The summed E-state index contributed by atoms with van der Waals surface area (Å²) >= 11 is 0. The predicted molar refractivity (Wildman–Crippen MR) is 115 cm³/mol. The minimum absolute atomic E-state index is 0.0672. The van der Waals surface area contributed by atoms with Gasteiger partial charge in [0.25, 0.3) is 0 Å². The minimum Gasteiger partial charge on any atom is -0.497 e. The van der Waals surface area contributed by atoms with Crippen molar-refractivity contribution in [2.75, 3.05) is 57.6 Å². The zero-order valence-electron chi connectivity index (χ0n) is 17.2. The lowest BCUT2D eigenvalue weighted by molar-refractivity contribution is -0.131. The molecule has 0 saturated carbocycles. The second-order valence-electron chi connectivity index (χ2n) is 7.27. The highest BCUT2D eigenvalue weighted by Gasteiger charge is 2.24. The number of carbonyl (C=O) groups is 2. The highest BCUT2D eigenvalue weighted by molar-refractivity contribution is 5.89. The summed E-state index contributed by atoms with van der Waals surface area (Å²) in [6.07, 6.45) is 0.335. The number of rotatable bonds is 5. The van der Waals surface area contributed by atoms with Crippen LogP contribution in [0.25, 0.3) is 0 Å². The number of methoxy groups -OCH3 is 1. The summed E-state index contributed by atoms with van der Waals surface area (Å²) in [6.45, 7) is 2.11. The van der Waals surface area contributed by atoms with E-state index in [9.17, 15) is 9.59 Å². The fraction of sp³-hybridized carbons (Fsp3) is 0.364. The maximum Gasteiger partial charge on any atom is 0.321 e. The van der Waals surface area contributed by atoms with Gasteiger partial charge in [-0.05, 0) is 42.0 Å². The highest BCUT2D eigenvalue weighted by Crippen LogP contribution is 2.17. The van der Waals surface area contributed by atoms with Crippen LogP contribution in [0.3, 0.4) is 0 Å². The Hall–Kier alpha value is -3.22. The van der Waals surface area contributed by atoms with Gasteiger partial charge in [-0.3, -0.25) is 4.79 Å². The van der Waals surface area contributed by atoms with Crippen molar-refractivity contribution < 1.29 is 14.3 Å². The second kappa shape index (κ2) is 9.32. The first-order valence-corrected chi connectivity index (χ1v) is 9.70. The molecule has 0 atom stereocenters. The van der Waals surface area contributed by atoms with Gasteiger partial charge in [0.15, 0.2) is 0 Å². The van der Waals surface area contributed by atoms with Gasteiger partial charge in [0.1, 0.15) is 5.75 Å². The van der Waals surface area contributed by atoms with Gasteiger partial charge in [-0.25, -0.2) is 4.79 Å². The van der Waals surface area contributed by atoms with E-state index in [4.69, 9.17) is 4.74 Å². The first-order valence-electron chi connectivity index (χ1n) is 9.70. The molecule has 0 aromatic heterocycles. The molecule has 3 rings (SSSR count). The molecular weight excluding hydrogens is 368 g/mol. The molecule has 1 heterocycles. The lowest BCUT2D eigenvalue weighted by Crippen LogP contribution is -2.52. The molecule has 0 bridgehead atoms. The molecule has 1 fully saturated rings. The van der Waals surface area contributed by atoms with Crippen LogP contribution < -0.4 is 15.0 Å². The minimum atomic E-state index is -0.137. The van der Waals surface area contributed by atoms with E-state index in [-0.39, 0.29) is 11.9 Å². The van der Waals surface area contributed by atoms with Crippen molar-refractivity contribution >= 4 is 23.3 Å². The van der Waals surface area contributed by atoms with Crippen LogP contribution >= 0.6 is 0 Å². The van der Waals surface area contributed by atoms with Crippen molar-refractivity contribution in [2.24, 2.45) is 0 Å². The summed E-state index contributed by atoms with van der Waals surface area (Å²) in [5.41, 5.74) is 2.76. The normalized spacial score (nSPS) is 13.8. The molecule has 1 aliphatic rings. The van der Waals surface area contributed by atoms with E-state index in [1.807, 2.05) is 72.4 Å². The SMILES string of the molecule is COc1cccc(CC(=O)N2CCN(C(=O)Nc3ccc(N(C)C)cc3)CC2)c1. The molecule has 0 aliphatic carbocycles. The topological polar surface area (TPSA) is 65.1 Å². The zero-order chi connectivity index (χ0) is 20.8. The predicted octanol–water partition coefficient (Wildman–Crippen LogP) is 2.68. The molecule has 1 saturated heterocycles. The van der Waals surface area contributed by atoms with Gasteiger partial charge >= 0.3 is 6.03 Å². The number of hydrogen-bond acceptors (Lipinski definition) is 4. The van der Waals surface area contributed by atoms with Crippen LogP contribution in [0, 0.1) is 0 Å². The van der Waals surface area contributed by atoms with Crippen molar-refractivity contribution in [3.05, 3.63) is 54.1 Å².